The van der Waals surface area contributed by atoms with Gasteiger partial charge in [0.2, 0.25) is 5.91 Å². The number of carbonyl (C=O) groups excluding carboxylic acids is 2. The molecule has 0 aromatic carbocycles. The predicted molar refractivity (Wildman–Crippen MR) is 301 cm³/mol. The molecular formula is C63H123NO5. The summed E-state index contributed by atoms with van der Waals surface area (Å²) in [5, 5.41) is 23.3. The van der Waals surface area contributed by atoms with Crippen LogP contribution in [-0.4, -0.2) is 47.4 Å². The van der Waals surface area contributed by atoms with Crippen LogP contribution in [0.3, 0.4) is 0 Å². The molecule has 6 heteroatoms. The lowest BCUT2D eigenvalue weighted by Gasteiger charge is -2.22. The van der Waals surface area contributed by atoms with E-state index in [1.807, 2.05) is 0 Å². The third-order valence-corrected chi connectivity index (χ3v) is 14.8. The van der Waals surface area contributed by atoms with Gasteiger partial charge in [-0.15, -0.1) is 0 Å². The van der Waals surface area contributed by atoms with E-state index in [1.165, 1.54) is 250 Å². The van der Waals surface area contributed by atoms with Crippen LogP contribution in [0.2, 0.25) is 0 Å². The minimum atomic E-state index is -0.674. The number of unbranched alkanes of at least 4 members (excludes halogenated alkanes) is 46. The second-order valence-electron chi connectivity index (χ2n) is 21.7. The second-order valence-corrected chi connectivity index (χ2v) is 21.7. The van der Waals surface area contributed by atoms with Crippen molar-refractivity contribution in [3.05, 3.63) is 12.2 Å². The topological polar surface area (TPSA) is 95.9 Å². The zero-order valence-corrected chi connectivity index (χ0v) is 46.8. The third-order valence-electron chi connectivity index (χ3n) is 14.8. The summed E-state index contributed by atoms with van der Waals surface area (Å²) in [6.45, 7) is 4.95. The van der Waals surface area contributed by atoms with E-state index in [1.54, 1.807) is 0 Å². The van der Waals surface area contributed by atoms with E-state index in [0.717, 1.165) is 70.6 Å². The van der Waals surface area contributed by atoms with Gasteiger partial charge in [0.1, 0.15) is 0 Å². The molecule has 2 unspecified atom stereocenters. The molecular weight excluding hydrogens is 851 g/mol. The largest absolute Gasteiger partial charge is 0.466 e. The molecule has 0 heterocycles. The summed E-state index contributed by atoms with van der Waals surface area (Å²) in [6, 6.07) is -0.553. The number of hydrogen-bond acceptors (Lipinski definition) is 5. The highest BCUT2D eigenvalue weighted by Crippen LogP contribution is 2.18. The summed E-state index contributed by atoms with van der Waals surface area (Å²) in [6.07, 6.45) is 70.7. The minimum absolute atomic E-state index is 0.00460. The van der Waals surface area contributed by atoms with Crippen molar-refractivity contribution in [2.45, 2.75) is 366 Å². The molecule has 0 saturated heterocycles. The molecule has 0 spiro atoms. The number of aliphatic hydroxyl groups is 2. The summed E-state index contributed by atoms with van der Waals surface area (Å²) in [5.41, 5.74) is 0. The van der Waals surface area contributed by atoms with Crippen molar-refractivity contribution in [2.75, 3.05) is 13.2 Å². The van der Waals surface area contributed by atoms with Crippen LogP contribution >= 0.6 is 0 Å². The van der Waals surface area contributed by atoms with E-state index >= 15 is 0 Å². The Balaban J connectivity index is 3.44. The summed E-state index contributed by atoms with van der Waals surface area (Å²) in [4.78, 5) is 24.6. The van der Waals surface area contributed by atoms with Gasteiger partial charge in [-0.3, -0.25) is 9.59 Å². The lowest BCUT2D eigenvalue weighted by molar-refractivity contribution is -0.143. The first-order chi connectivity index (χ1) is 34.0. The van der Waals surface area contributed by atoms with Crippen molar-refractivity contribution in [3.63, 3.8) is 0 Å². The normalized spacial score (nSPS) is 12.6. The van der Waals surface area contributed by atoms with Gasteiger partial charge in [0, 0.05) is 12.8 Å². The number of ether oxygens (including phenoxy) is 1. The SMILES string of the molecule is CCCCCCCCCCCCCCCCCCCCCC(O)C(CO)NC(=O)CCCCCCCCC/C=C\CCCCCCOC(=O)CCCCCCCCCCCCCCCCCCCC. The van der Waals surface area contributed by atoms with Crippen molar-refractivity contribution in [2.24, 2.45) is 0 Å². The van der Waals surface area contributed by atoms with Crippen molar-refractivity contribution in [1.29, 1.82) is 0 Å². The molecule has 1 amide bonds. The van der Waals surface area contributed by atoms with Crippen molar-refractivity contribution < 1.29 is 24.5 Å². The molecule has 0 aliphatic heterocycles. The van der Waals surface area contributed by atoms with E-state index in [2.05, 4.69) is 31.3 Å². The van der Waals surface area contributed by atoms with Gasteiger partial charge in [0.15, 0.2) is 0 Å². The van der Waals surface area contributed by atoms with Crippen LogP contribution in [0.4, 0.5) is 0 Å². The summed E-state index contributed by atoms with van der Waals surface area (Å²) in [7, 11) is 0. The lowest BCUT2D eigenvalue weighted by Crippen LogP contribution is -2.45. The Morgan fingerprint density at radius 2 is 0.681 bits per heavy atom. The molecule has 6 nitrogen and oxygen atoms in total. The van der Waals surface area contributed by atoms with Crippen LogP contribution in [0, 0.1) is 0 Å². The summed E-state index contributed by atoms with van der Waals surface area (Å²) >= 11 is 0. The highest BCUT2D eigenvalue weighted by Gasteiger charge is 2.20. The third kappa shape index (κ3) is 55.8. The Morgan fingerprint density at radius 1 is 0.391 bits per heavy atom. The first-order valence-electron chi connectivity index (χ1n) is 31.4. The van der Waals surface area contributed by atoms with Crippen molar-refractivity contribution in [1.82, 2.24) is 5.32 Å². The maximum atomic E-state index is 12.5. The van der Waals surface area contributed by atoms with Gasteiger partial charge >= 0.3 is 5.97 Å². The molecule has 0 aromatic rings. The highest BCUT2D eigenvalue weighted by molar-refractivity contribution is 5.76. The lowest BCUT2D eigenvalue weighted by atomic mass is 10.0. The average Bonchev–Trinajstić information content (AvgIpc) is 3.35. The monoisotopic (exact) mass is 974 g/mol. The number of hydrogen-bond donors (Lipinski definition) is 3. The Morgan fingerprint density at radius 3 is 1.03 bits per heavy atom. The van der Waals surface area contributed by atoms with E-state index in [0.29, 0.717) is 25.9 Å². The van der Waals surface area contributed by atoms with Gasteiger partial charge in [-0.1, -0.05) is 302 Å². The zero-order chi connectivity index (χ0) is 50.0. The molecule has 0 saturated carbocycles. The molecule has 0 fully saturated rings. The van der Waals surface area contributed by atoms with Gasteiger partial charge < -0.3 is 20.3 Å². The molecule has 0 aromatic heterocycles. The quantitative estimate of drug-likeness (QED) is 0.0321. The maximum Gasteiger partial charge on any atom is 0.305 e. The molecule has 0 aliphatic carbocycles. The molecule has 0 bridgehead atoms. The van der Waals surface area contributed by atoms with Crippen LogP contribution in [0.1, 0.15) is 354 Å². The number of carbonyl (C=O) groups is 2. The molecule has 0 radical (unpaired) electrons. The number of amides is 1. The van der Waals surface area contributed by atoms with Crippen molar-refractivity contribution >= 4 is 11.9 Å². The molecule has 0 aliphatic rings. The second kappa shape index (κ2) is 59.2. The molecule has 0 rings (SSSR count). The van der Waals surface area contributed by atoms with Crippen molar-refractivity contribution in [3.8, 4) is 0 Å². The van der Waals surface area contributed by atoms with Gasteiger partial charge in [0.05, 0.1) is 25.4 Å². The number of nitrogens with one attached hydrogen (secondary N) is 1. The first kappa shape index (κ1) is 67.6. The Hall–Kier alpha value is -1.40. The van der Waals surface area contributed by atoms with Gasteiger partial charge in [-0.2, -0.15) is 0 Å². The Kier molecular flexibility index (Phi) is 58.0. The molecule has 69 heavy (non-hydrogen) atoms. The van der Waals surface area contributed by atoms with E-state index < -0.39 is 12.1 Å². The Bertz CT molecular complexity index is 1030. The van der Waals surface area contributed by atoms with Gasteiger partial charge in [-0.25, -0.2) is 0 Å². The van der Waals surface area contributed by atoms with Gasteiger partial charge in [0.25, 0.3) is 0 Å². The number of allylic oxidation sites excluding steroid dienone is 2. The van der Waals surface area contributed by atoms with Crippen LogP contribution in [-0.2, 0) is 14.3 Å². The zero-order valence-electron chi connectivity index (χ0n) is 46.8. The van der Waals surface area contributed by atoms with Crippen LogP contribution < -0.4 is 5.32 Å². The fourth-order valence-corrected chi connectivity index (χ4v) is 9.99. The number of esters is 1. The fraction of sp³-hybridized carbons (Fsp3) is 0.937. The fourth-order valence-electron chi connectivity index (χ4n) is 9.99. The average molecular weight is 975 g/mol. The Labute approximate surface area is 431 Å². The molecule has 410 valence electrons. The maximum absolute atomic E-state index is 12.5. The highest BCUT2D eigenvalue weighted by atomic mass is 16.5. The minimum Gasteiger partial charge on any atom is -0.466 e. The van der Waals surface area contributed by atoms with Crippen LogP contribution in [0.5, 0.6) is 0 Å². The smallest absolute Gasteiger partial charge is 0.305 e. The van der Waals surface area contributed by atoms with E-state index in [4.69, 9.17) is 4.74 Å². The summed E-state index contributed by atoms with van der Waals surface area (Å²) < 4.78 is 5.48. The predicted octanol–water partition coefficient (Wildman–Crippen LogP) is 19.6. The van der Waals surface area contributed by atoms with Crippen LogP contribution in [0.15, 0.2) is 12.2 Å². The van der Waals surface area contributed by atoms with Crippen LogP contribution in [0.25, 0.3) is 0 Å². The molecule has 3 N–H and O–H groups in total. The molecule has 2 atom stereocenters. The van der Waals surface area contributed by atoms with E-state index in [-0.39, 0.29) is 18.5 Å². The number of aliphatic hydroxyl groups excluding tert-OH is 2. The first-order valence-corrected chi connectivity index (χ1v) is 31.4. The standard InChI is InChI=1S/C63H123NO5/c1-3-5-7-9-11-13-15-17-19-21-23-24-27-31-35-39-43-47-51-55-61(66)60(59-65)64-62(67)56-52-48-44-40-36-32-28-26-30-34-38-42-46-50-54-58-69-63(68)57-53-49-45-41-37-33-29-25-22-20-18-16-14-12-10-8-6-4-2/h30,34,60-61,65-66H,3-29,31-33,35-59H2,1-2H3,(H,64,67)/b34-30-. The van der Waals surface area contributed by atoms with E-state index in [9.17, 15) is 19.8 Å². The summed E-state index contributed by atoms with van der Waals surface area (Å²) in [5.74, 6) is -0.0510. The number of rotatable bonds is 59. The van der Waals surface area contributed by atoms with Gasteiger partial charge in [-0.05, 0) is 51.4 Å².